The summed E-state index contributed by atoms with van der Waals surface area (Å²) >= 11 is 0. The van der Waals surface area contributed by atoms with Crippen LogP contribution in [-0.2, 0) is 25.5 Å². The maximum atomic E-state index is 13.6. The van der Waals surface area contributed by atoms with Crippen molar-refractivity contribution in [2.75, 3.05) is 20.9 Å². The summed E-state index contributed by atoms with van der Waals surface area (Å²) in [5, 5.41) is 3.02. The number of carbonyl (C=O) groups is 1. The third-order valence-electron chi connectivity index (χ3n) is 3.24. The Balaban J connectivity index is 3.04. The first kappa shape index (κ1) is 20.1. The van der Waals surface area contributed by atoms with Crippen molar-refractivity contribution in [1.29, 1.82) is 0 Å². The van der Waals surface area contributed by atoms with Gasteiger partial charge < -0.3 is 19.5 Å². The first-order valence-electron chi connectivity index (χ1n) is 7.65. The Hall–Kier alpha value is -1.92. The number of alkyl halides is 1. The van der Waals surface area contributed by atoms with E-state index >= 15 is 0 Å². The maximum absolute atomic E-state index is 13.6. The van der Waals surface area contributed by atoms with E-state index in [-0.39, 0.29) is 5.70 Å². The number of rotatable bonds is 8. The van der Waals surface area contributed by atoms with Crippen molar-refractivity contribution in [2.45, 2.75) is 38.7 Å². The van der Waals surface area contributed by atoms with Gasteiger partial charge in [0.1, 0.15) is 12.3 Å². The zero-order chi connectivity index (χ0) is 18.2. The van der Waals surface area contributed by atoms with Crippen LogP contribution in [0.5, 0.6) is 0 Å². The van der Waals surface area contributed by atoms with Gasteiger partial charge in [-0.1, -0.05) is 30.3 Å². The zero-order valence-corrected chi connectivity index (χ0v) is 14.9. The highest BCUT2D eigenvalue weighted by atomic mass is 19.1. The molecule has 1 rings (SSSR count). The van der Waals surface area contributed by atoms with Crippen LogP contribution in [0.2, 0.25) is 0 Å². The first-order chi connectivity index (χ1) is 11.3. The lowest BCUT2D eigenvalue weighted by molar-refractivity contribution is -0.191. The van der Waals surface area contributed by atoms with Gasteiger partial charge in [0.25, 0.3) is 0 Å². The van der Waals surface area contributed by atoms with Gasteiger partial charge in [-0.15, -0.1) is 0 Å². The SMILES string of the molecule is COC(CF)(OC)/C(=C\C(=O)OC(C)(C)C)NCc1ccccc1. The molecule has 0 aliphatic heterocycles. The van der Waals surface area contributed by atoms with Crippen LogP contribution in [-0.4, -0.2) is 38.3 Å². The number of halogens is 1. The van der Waals surface area contributed by atoms with Crippen LogP contribution in [0.1, 0.15) is 26.3 Å². The van der Waals surface area contributed by atoms with Gasteiger partial charge in [-0.3, -0.25) is 0 Å². The van der Waals surface area contributed by atoms with E-state index in [0.29, 0.717) is 6.54 Å². The van der Waals surface area contributed by atoms with Crippen molar-refractivity contribution in [3.8, 4) is 0 Å². The second-order valence-corrected chi connectivity index (χ2v) is 6.23. The summed E-state index contributed by atoms with van der Waals surface area (Å²) in [5.74, 6) is -2.30. The van der Waals surface area contributed by atoms with Gasteiger partial charge in [-0.25, -0.2) is 9.18 Å². The molecule has 0 radical (unpaired) electrons. The van der Waals surface area contributed by atoms with Crippen molar-refractivity contribution >= 4 is 5.97 Å². The van der Waals surface area contributed by atoms with E-state index < -0.39 is 24.0 Å². The minimum atomic E-state index is -1.69. The van der Waals surface area contributed by atoms with Crippen LogP contribution in [0.3, 0.4) is 0 Å². The highest BCUT2D eigenvalue weighted by Crippen LogP contribution is 2.22. The molecule has 0 amide bonds. The Morgan fingerprint density at radius 3 is 2.21 bits per heavy atom. The molecule has 0 saturated carbocycles. The fourth-order valence-electron chi connectivity index (χ4n) is 2.02. The number of hydrogen-bond donors (Lipinski definition) is 1. The van der Waals surface area contributed by atoms with Crippen LogP contribution in [0.15, 0.2) is 42.1 Å². The summed E-state index contributed by atoms with van der Waals surface area (Å²) in [6.07, 6.45) is 1.17. The Bertz CT molecular complexity index is 540. The van der Waals surface area contributed by atoms with Gasteiger partial charge in [-0.2, -0.15) is 0 Å². The lowest BCUT2D eigenvalue weighted by atomic mass is 10.1. The summed E-state index contributed by atoms with van der Waals surface area (Å²) < 4.78 is 29.2. The molecule has 0 saturated heterocycles. The Morgan fingerprint density at radius 1 is 1.17 bits per heavy atom. The van der Waals surface area contributed by atoms with E-state index in [1.807, 2.05) is 30.3 Å². The zero-order valence-electron chi connectivity index (χ0n) is 14.9. The summed E-state index contributed by atoms with van der Waals surface area (Å²) in [6, 6.07) is 9.51. The number of hydrogen-bond acceptors (Lipinski definition) is 5. The molecule has 0 aliphatic carbocycles. The monoisotopic (exact) mass is 339 g/mol. The molecule has 1 aromatic rings. The highest BCUT2D eigenvalue weighted by molar-refractivity contribution is 5.83. The predicted octanol–water partition coefficient (Wildman–Crippen LogP) is 2.96. The Kier molecular flexibility index (Phi) is 7.38. The molecule has 0 spiro atoms. The lowest BCUT2D eigenvalue weighted by Gasteiger charge is -2.31. The molecule has 5 nitrogen and oxygen atoms in total. The van der Waals surface area contributed by atoms with Crippen molar-refractivity contribution in [1.82, 2.24) is 5.32 Å². The first-order valence-corrected chi connectivity index (χ1v) is 7.65. The van der Waals surface area contributed by atoms with Crippen molar-refractivity contribution in [2.24, 2.45) is 0 Å². The molecule has 24 heavy (non-hydrogen) atoms. The normalized spacial score (nSPS) is 12.8. The smallest absolute Gasteiger partial charge is 0.333 e. The number of carbonyl (C=O) groups excluding carboxylic acids is 1. The van der Waals surface area contributed by atoms with E-state index in [2.05, 4.69) is 5.32 Å². The molecule has 0 bridgehead atoms. The van der Waals surface area contributed by atoms with Gasteiger partial charge in [0.2, 0.25) is 5.79 Å². The molecule has 0 unspecified atom stereocenters. The molecule has 0 atom stereocenters. The fourth-order valence-corrected chi connectivity index (χ4v) is 2.02. The van der Waals surface area contributed by atoms with Crippen molar-refractivity contribution in [3.05, 3.63) is 47.7 Å². The van der Waals surface area contributed by atoms with Crippen LogP contribution < -0.4 is 5.32 Å². The molecular formula is C18H26FNO4. The van der Waals surface area contributed by atoms with Crippen LogP contribution in [0.25, 0.3) is 0 Å². The van der Waals surface area contributed by atoms with Gasteiger partial charge >= 0.3 is 5.97 Å². The van der Waals surface area contributed by atoms with E-state index in [4.69, 9.17) is 14.2 Å². The Labute approximate surface area is 142 Å². The maximum Gasteiger partial charge on any atom is 0.333 e. The van der Waals surface area contributed by atoms with E-state index in [1.54, 1.807) is 20.8 Å². The Morgan fingerprint density at radius 2 is 1.75 bits per heavy atom. The summed E-state index contributed by atoms with van der Waals surface area (Å²) in [6.45, 7) is 4.68. The molecule has 0 aromatic heterocycles. The number of esters is 1. The number of methoxy groups -OCH3 is 2. The second-order valence-electron chi connectivity index (χ2n) is 6.23. The van der Waals surface area contributed by atoms with Gasteiger partial charge in [0, 0.05) is 26.8 Å². The van der Waals surface area contributed by atoms with Crippen LogP contribution in [0.4, 0.5) is 4.39 Å². The van der Waals surface area contributed by atoms with Gasteiger partial charge in [-0.05, 0) is 26.3 Å². The summed E-state index contributed by atoms with van der Waals surface area (Å²) in [4.78, 5) is 12.1. The van der Waals surface area contributed by atoms with Crippen LogP contribution >= 0.6 is 0 Å². The number of benzene rings is 1. The fraction of sp³-hybridized carbons (Fsp3) is 0.500. The molecule has 0 fully saturated rings. The number of ether oxygens (including phenoxy) is 3. The molecule has 6 heteroatoms. The molecule has 0 aliphatic rings. The minimum absolute atomic E-state index is 0.160. The van der Waals surface area contributed by atoms with E-state index in [1.165, 1.54) is 20.3 Å². The quantitative estimate of drug-likeness (QED) is 0.448. The molecule has 134 valence electrons. The average molecular weight is 339 g/mol. The average Bonchev–Trinajstić information content (AvgIpc) is 2.53. The van der Waals surface area contributed by atoms with Crippen molar-refractivity contribution in [3.63, 3.8) is 0 Å². The van der Waals surface area contributed by atoms with E-state index in [9.17, 15) is 9.18 Å². The second kappa shape index (κ2) is 8.80. The standard InChI is InChI=1S/C18H26FNO4/c1-17(2,3)24-16(21)11-15(18(13-19,22-4)23-5)20-12-14-9-7-6-8-10-14/h6-11,20H,12-13H2,1-5H3/b15-11+. The summed E-state index contributed by atoms with van der Waals surface area (Å²) in [7, 11) is 2.63. The third-order valence-corrected chi connectivity index (χ3v) is 3.24. The molecule has 0 heterocycles. The predicted molar refractivity (Wildman–Crippen MR) is 89.9 cm³/mol. The topological polar surface area (TPSA) is 56.8 Å². The third kappa shape index (κ3) is 5.94. The number of nitrogens with one attached hydrogen (secondary N) is 1. The minimum Gasteiger partial charge on any atom is -0.457 e. The molecule has 1 aromatic carbocycles. The van der Waals surface area contributed by atoms with Gasteiger partial charge in [0.05, 0.1) is 5.70 Å². The van der Waals surface area contributed by atoms with Crippen LogP contribution in [0, 0.1) is 0 Å². The van der Waals surface area contributed by atoms with Crippen molar-refractivity contribution < 1.29 is 23.4 Å². The summed E-state index contributed by atoms with van der Waals surface area (Å²) in [5.41, 5.74) is 0.469. The highest BCUT2D eigenvalue weighted by Gasteiger charge is 2.36. The molecular weight excluding hydrogens is 313 g/mol. The largest absolute Gasteiger partial charge is 0.457 e. The van der Waals surface area contributed by atoms with E-state index in [0.717, 1.165) is 5.56 Å². The molecule has 1 N–H and O–H groups in total. The lowest BCUT2D eigenvalue weighted by Crippen LogP contribution is -2.44. The van der Waals surface area contributed by atoms with Gasteiger partial charge in [0.15, 0.2) is 0 Å².